The maximum absolute atomic E-state index is 5.81. The second-order valence-electron chi connectivity index (χ2n) is 4.28. The van der Waals surface area contributed by atoms with Crippen LogP contribution in [-0.4, -0.2) is 49.8 Å². The summed E-state index contributed by atoms with van der Waals surface area (Å²) in [5, 5.41) is 3.36. The Morgan fingerprint density at radius 2 is 2.38 bits per heavy atom. The van der Waals surface area contributed by atoms with Crippen molar-refractivity contribution in [3.63, 3.8) is 0 Å². The van der Waals surface area contributed by atoms with Gasteiger partial charge < -0.3 is 10.1 Å². The van der Waals surface area contributed by atoms with E-state index in [0.717, 1.165) is 25.4 Å². The fourth-order valence-electron chi connectivity index (χ4n) is 2.13. The molecule has 1 aromatic rings. The third kappa shape index (κ3) is 2.58. The number of pyridine rings is 1. The first-order valence-corrected chi connectivity index (χ1v) is 5.68. The van der Waals surface area contributed by atoms with Gasteiger partial charge in [0.2, 0.25) is 0 Å². The Hall–Kier alpha value is -0.970. The Morgan fingerprint density at radius 3 is 2.94 bits per heavy atom. The van der Waals surface area contributed by atoms with Gasteiger partial charge in [0.25, 0.3) is 0 Å². The molecule has 1 fully saturated rings. The number of hydrogen-bond donors (Lipinski definition) is 1. The fraction of sp³-hybridized carbons (Fsp3) is 0.583. The SMILES string of the molecule is CN(C)C(c1ccccn1)C1CNCCO1. The highest BCUT2D eigenvalue weighted by Crippen LogP contribution is 2.22. The average Bonchev–Trinajstić information content (AvgIpc) is 2.31. The molecule has 1 aliphatic rings. The van der Waals surface area contributed by atoms with E-state index in [1.807, 2.05) is 18.3 Å². The lowest BCUT2D eigenvalue weighted by atomic mass is 10.0. The van der Waals surface area contributed by atoms with Crippen LogP contribution in [0.5, 0.6) is 0 Å². The molecule has 2 rings (SSSR count). The van der Waals surface area contributed by atoms with Crippen LogP contribution in [0.25, 0.3) is 0 Å². The van der Waals surface area contributed by atoms with E-state index in [4.69, 9.17) is 4.74 Å². The van der Waals surface area contributed by atoms with Crippen LogP contribution in [-0.2, 0) is 4.74 Å². The standard InChI is InChI=1S/C12H19N3O/c1-15(2)12(10-5-3-4-6-14-10)11-9-13-7-8-16-11/h3-6,11-13H,7-9H2,1-2H3. The third-order valence-electron chi connectivity index (χ3n) is 2.86. The molecule has 4 nitrogen and oxygen atoms in total. The lowest BCUT2D eigenvalue weighted by Crippen LogP contribution is -2.45. The van der Waals surface area contributed by atoms with E-state index < -0.39 is 0 Å². The predicted molar refractivity (Wildman–Crippen MR) is 63.3 cm³/mol. The van der Waals surface area contributed by atoms with Gasteiger partial charge in [0.15, 0.2) is 0 Å². The summed E-state index contributed by atoms with van der Waals surface area (Å²) in [6, 6.07) is 6.24. The first kappa shape index (κ1) is 11.5. The van der Waals surface area contributed by atoms with E-state index in [0.29, 0.717) is 0 Å². The van der Waals surface area contributed by atoms with Crippen molar-refractivity contribution in [3.05, 3.63) is 30.1 Å². The molecular weight excluding hydrogens is 202 g/mol. The lowest BCUT2D eigenvalue weighted by molar-refractivity contribution is -0.0223. The molecule has 4 heteroatoms. The molecule has 0 amide bonds. The zero-order chi connectivity index (χ0) is 11.4. The molecule has 0 saturated carbocycles. The van der Waals surface area contributed by atoms with Gasteiger partial charge in [-0.25, -0.2) is 0 Å². The molecule has 2 unspecified atom stereocenters. The van der Waals surface area contributed by atoms with Gasteiger partial charge in [-0.15, -0.1) is 0 Å². The number of nitrogens with one attached hydrogen (secondary N) is 1. The normalized spacial score (nSPS) is 23.3. The summed E-state index contributed by atoms with van der Waals surface area (Å²) in [6.45, 7) is 2.61. The predicted octanol–water partition coefficient (Wildman–Crippen LogP) is 0.673. The molecule has 0 spiro atoms. The largest absolute Gasteiger partial charge is 0.374 e. The molecule has 16 heavy (non-hydrogen) atoms. The van der Waals surface area contributed by atoms with Crippen molar-refractivity contribution in [2.75, 3.05) is 33.8 Å². The first-order chi connectivity index (χ1) is 7.79. The summed E-state index contributed by atoms with van der Waals surface area (Å²) < 4.78 is 5.81. The number of likely N-dealkylation sites (N-methyl/N-ethyl adjacent to an activating group) is 1. The zero-order valence-electron chi connectivity index (χ0n) is 9.89. The minimum absolute atomic E-state index is 0.179. The van der Waals surface area contributed by atoms with Gasteiger partial charge in [-0.2, -0.15) is 0 Å². The van der Waals surface area contributed by atoms with Crippen LogP contribution in [0.1, 0.15) is 11.7 Å². The monoisotopic (exact) mass is 221 g/mol. The number of aromatic nitrogens is 1. The Bertz CT molecular complexity index is 309. The summed E-state index contributed by atoms with van der Waals surface area (Å²) in [4.78, 5) is 6.59. The first-order valence-electron chi connectivity index (χ1n) is 5.68. The summed E-state index contributed by atoms with van der Waals surface area (Å²) in [5.74, 6) is 0. The Morgan fingerprint density at radius 1 is 1.50 bits per heavy atom. The summed E-state index contributed by atoms with van der Waals surface area (Å²) in [6.07, 6.45) is 2.01. The van der Waals surface area contributed by atoms with Crippen molar-refractivity contribution >= 4 is 0 Å². The molecule has 2 heterocycles. The van der Waals surface area contributed by atoms with Gasteiger partial charge >= 0.3 is 0 Å². The summed E-state index contributed by atoms with van der Waals surface area (Å²) in [5.41, 5.74) is 1.07. The van der Waals surface area contributed by atoms with Gasteiger partial charge in [0.1, 0.15) is 0 Å². The number of ether oxygens (including phenoxy) is 1. The van der Waals surface area contributed by atoms with Crippen molar-refractivity contribution in [3.8, 4) is 0 Å². The van der Waals surface area contributed by atoms with Gasteiger partial charge in [0.05, 0.1) is 24.4 Å². The van der Waals surface area contributed by atoms with E-state index >= 15 is 0 Å². The van der Waals surface area contributed by atoms with E-state index in [1.54, 1.807) is 0 Å². The van der Waals surface area contributed by atoms with Crippen LogP contribution in [0.15, 0.2) is 24.4 Å². The van der Waals surface area contributed by atoms with Crippen LogP contribution >= 0.6 is 0 Å². The number of nitrogens with zero attached hydrogens (tertiary/aromatic N) is 2. The van der Waals surface area contributed by atoms with Crippen LogP contribution < -0.4 is 5.32 Å². The van der Waals surface area contributed by atoms with E-state index in [1.165, 1.54) is 0 Å². The highest BCUT2D eigenvalue weighted by atomic mass is 16.5. The molecule has 1 aliphatic heterocycles. The molecule has 0 aromatic carbocycles. The molecule has 1 saturated heterocycles. The molecular formula is C12H19N3O. The molecule has 0 radical (unpaired) electrons. The van der Waals surface area contributed by atoms with E-state index in [-0.39, 0.29) is 12.1 Å². The summed E-state index contributed by atoms with van der Waals surface area (Å²) >= 11 is 0. The number of rotatable bonds is 3. The van der Waals surface area contributed by atoms with Crippen LogP contribution in [0.3, 0.4) is 0 Å². The van der Waals surface area contributed by atoms with Gasteiger partial charge in [-0.05, 0) is 26.2 Å². The van der Waals surface area contributed by atoms with Crippen LogP contribution in [0, 0.1) is 0 Å². The Labute approximate surface area is 96.6 Å². The number of hydrogen-bond acceptors (Lipinski definition) is 4. The maximum Gasteiger partial charge on any atom is 0.0911 e. The average molecular weight is 221 g/mol. The fourth-order valence-corrected chi connectivity index (χ4v) is 2.13. The molecule has 1 N–H and O–H groups in total. The molecule has 1 aromatic heterocycles. The highest BCUT2D eigenvalue weighted by Gasteiger charge is 2.28. The minimum atomic E-state index is 0.179. The second kappa shape index (κ2) is 5.39. The van der Waals surface area contributed by atoms with Crippen molar-refractivity contribution in [1.82, 2.24) is 15.2 Å². The minimum Gasteiger partial charge on any atom is -0.374 e. The third-order valence-corrected chi connectivity index (χ3v) is 2.86. The topological polar surface area (TPSA) is 37.4 Å². The number of morpholine rings is 1. The lowest BCUT2D eigenvalue weighted by Gasteiger charge is -2.34. The van der Waals surface area contributed by atoms with Crippen molar-refractivity contribution in [2.24, 2.45) is 0 Å². The molecule has 0 bridgehead atoms. The van der Waals surface area contributed by atoms with Crippen molar-refractivity contribution < 1.29 is 4.74 Å². The quantitative estimate of drug-likeness (QED) is 0.814. The van der Waals surface area contributed by atoms with Crippen molar-refractivity contribution in [2.45, 2.75) is 12.1 Å². The van der Waals surface area contributed by atoms with Gasteiger partial charge in [0, 0.05) is 19.3 Å². The second-order valence-corrected chi connectivity index (χ2v) is 4.28. The zero-order valence-corrected chi connectivity index (χ0v) is 9.89. The highest BCUT2D eigenvalue weighted by molar-refractivity contribution is 5.11. The Kier molecular flexibility index (Phi) is 3.88. The maximum atomic E-state index is 5.81. The van der Waals surface area contributed by atoms with E-state index in [2.05, 4.69) is 35.4 Å². The van der Waals surface area contributed by atoms with Crippen LogP contribution in [0.2, 0.25) is 0 Å². The van der Waals surface area contributed by atoms with Gasteiger partial charge in [-0.3, -0.25) is 9.88 Å². The van der Waals surface area contributed by atoms with Gasteiger partial charge in [-0.1, -0.05) is 6.07 Å². The van der Waals surface area contributed by atoms with Crippen LogP contribution in [0.4, 0.5) is 0 Å². The summed E-state index contributed by atoms with van der Waals surface area (Å²) in [7, 11) is 4.13. The Balaban J connectivity index is 2.16. The molecule has 88 valence electrons. The van der Waals surface area contributed by atoms with Crippen molar-refractivity contribution in [1.29, 1.82) is 0 Å². The smallest absolute Gasteiger partial charge is 0.0911 e. The van der Waals surface area contributed by atoms with E-state index in [9.17, 15) is 0 Å². The molecule has 2 atom stereocenters. The molecule has 0 aliphatic carbocycles.